The summed E-state index contributed by atoms with van der Waals surface area (Å²) in [6.07, 6.45) is 11.9. The maximum Gasteiger partial charge on any atom is 0.331 e. The minimum absolute atomic E-state index is 0.0752. The van der Waals surface area contributed by atoms with Crippen molar-refractivity contribution >= 4 is 17.5 Å². The first kappa shape index (κ1) is 24.3. The van der Waals surface area contributed by atoms with E-state index in [1.165, 1.54) is 17.2 Å². The molecule has 4 heteroatoms. The Bertz CT molecular complexity index is 982. The number of hydrogen-bond acceptors (Lipinski definition) is 3. The van der Waals surface area contributed by atoms with E-state index >= 15 is 0 Å². The van der Waals surface area contributed by atoms with E-state index in [1.807, 2.05) is 32.1 Å². The second-order valence-corrected chi connectivity index (χ2v) is 8.38. The van der Waals surface area contributed by atoms with Gasteiger partial charge in [-0.05, 0) is 83.9 Å². The first-order valence-electron chi connectivity index (χ1n) is 10.8. The molecule has 0 bridgehead atoms. The third-order valence-electron chi connectivity index (χ3n) is 5.40. The zero-order valence-electron chi connectivity index (χ0n) is 19.0. The monoisotopic (exact) mass is 420 g/mol. The molecule has 0 aliphatic heterocycles. The van der Waals surface area contributed by atoms with Gasteiger partial charge in [-0.2, -0.15) is 0 Å². The number of carbonyl (C=O) groups excluding carboxylic acids is 2. The lowest BCUT2D eigenvalue weighted by Gasteiger charge is -2.13. The number of fused-ring (bicyclic) bond motifs is 1. The molecule has 0 aromatic heterocycles. The number of ketones is 2. The molecule has 0 fully saturated rings. The van der Waals surface area contributed by atoms with E-state index in [1.54, 1.807) is 13.0 Å². The van der Waals surface area contributed by atoms with E-state index in [4.69, 9.17) is 0 Å². The average Bonchev–Trinajstić information content (AvgIpc) is 2.70. The Morgan fingerprint density at radius 2 is 1.65 bits per heavy atom. The number of carbonyl (C=O) groups is 3. The van der Waals surface area contributed by atoms with Gasteiger partial charge in [-0.15, -0.1) is 0 Å². The average molecular weight is 421 g/mol. The van der Waals surface area contributed by atoms with E-state index in [0.29, 0.717) is 35.1 Å². The summed E-state index contributed by atoms with van der Waals surface area (Å²) in [6.45, 7) is 7.75. The van der Waals surface area contributed by atoms with E-state index in [0.717, 1.165) is 31.2 Å². The Morgan fingerprint density at radius 3 is 2.32 bits per heavy atom. The molecule has 1 N–H and O–H groups in total. The standard InChI is InChI=1S/C27H32O4/c1-18(2)8-5-12-22(27(30)31)13-7-10-19(3)9-6-11-21-14-15-23-24(17-21)26(29)20(4)16-25(23)28/h8-9,13-17H,5-7,10-12H2,1-4H3,(H,30,31)/b19-9+,22-13+. The van der Waals surface area contributed by atoms with Gasteiger partial charge in [0, 0.05) is 22.3 Å². The van der Waals surface area contributed by atoms with E-state index in [-0.39, 0.29) is 11.6 Å². The summed E-state index contributed by atoms with van der Waals surface area (Å²) in [5.41, 5.74) is 5.39. The highest BCUT2D eigenvalue weighted by Gasteiger charge is 2.23. The van der Waals surface area contributed by atoms with Crippen molar-refractivity contribution < 1.29 is 19.5 Å². The van der Waals surface area contributed by atoms with Crippen LogP contribution in [0.25, 0.3) is 0 Å². The van der Waals surface area contributed by atoms with Gasteiger partial charge in [-0.3, -0.25) is 9.59 Å². The van der Waals surface area contributed by atoms with Gasteiger partial charge in [-0.1, -0.05) is 41.5 Å². The molecule has 1 aromatic rings. The maximum atomic E-state index is 12.3. The molecule has 2 rings (SSSR count). The van der Waals surface area contributed by atoms with Crippen molar-refractivity contribution in [2.24, 2.45) is 0 Å². The van der Waals surface area contributed by atoms with Crippen molar-refractivity contribution in [3.8, 4) is 0 Å². The largest absolute Gasteiger partial charge is 0.478 e. The Hall–Kier alpha value is -3.01. The van der Waals surface area contributed by atoms with Gasteiger partial charge >= 0.3 is 5.97 Å². The van der Waals surface area contributed by atoms with Gasteiger partial charge in [-0.25, -0.2) is 4.79 Å². The number of benzene rings is 1. The van der Waals surface area contributed by atoms with Crippen LogP contribution in [0.3, 0.4) is 0 Å². The minimum atomic E-state index is -0.839. The van der Waals surface area contributed by atoms with Crippen molar-refractivity contribution in [3.05, 3.63) is 81.5 Å². The number of aliphatic carboxylic acids is 1. The van der Waals surface area contributed by atoms with Gasteiger partial charge < -0.3 is 5.11 Å². The van der Waals surface area contributed by atoms with Gasteiger partial charge in [0.15, 0.2) is 11.6 Å². The highest BCUT2D eigenvalue weighted by Crippen LogP contribution is 2.23. The van der Waals surface area contributed by atoms with Crippen LogP contribution in [0.5, 0.6) is 0 Å². The van der Waals surface area contributed by atoms with Gasteiger partial charge in [0.1, 0.15) is 0 Å². The topological polar surface area (TPSA) is 71.4 Å². The number of carboxylic acid groups (broad SMARTS) is 1. The lowest BCUT2D eigenvalue weighted by Crippen LogP contribution is -2.15. The van der Waals surface area contributed by atoms with Gasteiger partial charge in [0.25, 0.3) is 0 Å². The number of hydrogen-bond donors (Lipinski definition) is 1. The van der Waals surface area contributed by atoms with Crippen LogP contribution in [0.4, 0.5) is 0 Å². The normalized spacial score (nSPS) is 14.3. The van der Waals surface area contributed by atoms with Crippen LogP contribution in [-0.4, -0.2) is 22.6 Å². The number of Topliss-reactive ketones (excluding diaryl/α,β-unsaturated/α-hetero) is 1. The van der Waals surface area contributed by atoms with Gasteiger partial charge in [0.2, 0.25) is 0 Å². The molecular formula is C27H32O4. The first-order chi connectivity index (χ1) is 14.7. The fourth-order valence-electron chi connectivity index (χ4n) is 3.58. The number of rotatable bonds is 10. The number of aryl methyl sites for hydroxylation is 1. The van der Waals surface area contributed by atoms with Crippen LogP contribution in [0.1, 0.15) is 86.1 Å². The summed E-state index contributed by atoms with van der Waals surface area (Å²) >= 11 is 0. The molecule has 31 heavy (non-hydrogen) atoms. The fourth-order valence-corrected chi connectivity index (χ4v) is 3.58. The fraction of sp³-hybridized carbons (Fsp3) is 0.370. The Morgan fingerprint density at radius 1 is 0.935 bits per heavy atom. The van der Waals surface area contributed by atoms with Crippen molar-refractivity contribution in [3.63, 3.8) is 0 Å². The van der Waals surface area contributed by atoms with Crippen molar-refractivity contribution in [2.75, 3.05) is 0 Å². The van der Waals surface area contributed by atoms with Crippen molar-refractivity contribution in [2.45, 2.75) is 66.2 Å². The molecule has 1 aliphatic carbocycles. The summed E-state index contributed by atoms with van der Waals surface area (Å²) in [5.74, 6) is -1.02. The van der Waals surface area contributed by atoms with Crippen LogP contribution < -0.4 is 0 Å². The Balaban J connectivity index is 1.89. The molecule has 164 valence electrons. The third-order valence-corrected chi connectivity index (χ3v) is 5.40. The smallest absolute Gasteiger partial charge is 0.331 e. The zero-order valence-corrected chi connectivity index (χ0v) is 19.0. The molecule has 0 saturated carbocycles. The van der Waals surface area contributed by atoms with Crippen molar-refractivity contribution in [1.82, 2.24) is 0 Å². The second-order valence-electron chi connectivity index (χ2n) is 8.38. The van der Waals surface area contributed by atoms with Crippen LogP contribution >= 0.6 is 0 Å². The summed E-state index contributed by atoms with van der Waals surface area (Å²) in [7, 11) is 0. The molecule has 0 unspecified atom stereocenters. The minimum Gasteiger partial charge on any atom is -0.478 e. The van der Waals surface area contributed by atoms with Crippen LogP contribution in [0.15, 0.2) is 64.8 Å². The molecule has 1 aliphatic rings. The Labute approximate surface area is 185 Å². The molecule has 0 atom stereocenters. The molecule has 0 saturated heterocycles. The highest BCUT2D eigenvalue weighted by molar-refractivity contribution is 6.24. The zero-order chi connectivity index (χ0) is 23.0. The Kier molecular flexibility index (Phi) is 8.92. The summed E-state index contributed by atoms with van der Waals surface area (Å²) in [6, 6.07) is 5.50. The summed E-state index contributed by atoms with van der Waals surface area (Å²) in [5, 5.41) is 9.35. The molecule has 0 spiro atoms. The predicted molar refractivity (Wildman–Crippen MR) is 125 cm³/mol. The maximum absolute atomic E-state index is 12.3. The highest BCUT2D eigenvalue weighted by atomic mass is 16.4. The van der Waals surface area contributed by atoms with Crippen LogP contribution in [0.2, 0.25) is 0 Å². The second kappa shape index (κ2) is 11.4. The number of carboxylic acids is 1. The summed E-state index contributed by atoms with van der Waals surface area (Å²) in [4.78, 5) is 35.8. The predicted octanol–water partition coefficient (Wildman–Crippen LogP) is 6.43. The van der Waals surface area contributed by atoms with E-state index < -0.39 is 5.97 Å². The molecule has 1 aromatic carbocycles. The first-order valence-corrected chi connectivity index (χ1v) is 10.8. The number of allylic oxidation sites excluding steroid dienone is 7. The molecule has 4 nitrogen and oxygen atoms in total. The molecule has 0 heterocycles. The van der Waals surface area contributed by atoms with E-state index in [2.05, 4.69) is 19.1 Å². The molecule has 0 amide bonds. The molecular weight excluding hydrogens is 388 g/mol. The van der Waals surface area contributed by atoms with Gasteiger partial charge in [0.05, 0.1) is 0 Å². The van der Waals surface area contributed by atoms with Crippen molar-refractivity contribution in [1.29, 1.82) is 0 Å². The molecule has 0 radical (unpaired) electrons. The van der Waals surface area contributed by atoms with Crippen LogP contribution in [-0.2, 0) is 11.2 Å². The quantitative estimate of drug-likeness (QED) is 0.350. The van der Waals surface area contributed by atoms with Crippen LogP contribution in [0, 0.1) is 0 Å². The lowest BCUT2D eigenvalue weighted by molar-refractivity contribution is -0.132. The SMILES string of the molecule is CC(C)=CCC/C(=C\CC/C(C)=C/CCc1ccc2c(c1)C(=O)C(C)=CC2=O)C(=O)O. The van der Waals surface area contributed by atoms with E-state index in [9.17, 15) is 19.5 Å². The third kappa shape index (κ3) is 7.32. The summed E-state index contributed by atoms with van der Waals surface area (Å²) < 4.78 is 0. The lowest BCUT2D eigenvalue weighted by atomic mass is 9.88.